The van der Waals surface area contributed by atoms with Gasteiger partial charge in [0.1, 0.15) is 11.6 Å². The molecule has 2 fully saturated rings. The van der Waals surface area contributed by atoms with E-state index in [9.17, 15) is 14.7 Å². The van der Waals surface area contributed by atoms with E-state index in [1.165, 1.54) is 4.90 Å². The topological polar surface area (TPSA) is 99.5 Å². The van der Waals surface area contributed by atoms with Gasteiger partial charge in [-0.2, -0.15) is 5.06 Å². The summed E-state index contributed by atoms with van der Waals surface area (Å²) >= 11 is 0. The number of β-amino-alcohol motifs (C(OH)–C–C–N with tert-alkyl or cyclic N) is 1. The molecule has 0 aromatic heterocycles. The van der Waals surface area contributed by atoms with Crippen LogP contribution in [0.5, 0.6) is 0 Å². The molecule has 8 heteroatoms. The fourth-order valence-electron chi connectivity index (χ4n) is 2.34. The highest BCUT2D eigenvalue weighted by Crippen LogP contribution is 2.31. The fourth-order valence-corrected chi connectivity index (χ4v) is 2.34. The Labute approximate surface area is 110 Å². The second kappa shape index (κ2) is 4.53. The lowest BCUT2D eigenvalue weighted by atomic mass is 10.1. The Balaban J connectivity index is 2.11. The zero-order valence-electron chi connectivity index (χ0n) is 11.1. The number of carbonyl (C=O) groups is 2. The van der Waals surface area contributed by atoms with Gasteiger partial charge in [0, 0.05) is 0 Å². The smallest absolute Gasteiger partial charge is 0.431 e. The van der Waals surface area contributed by atoms with Gasteiger partial charge in [-0.3, -0.25) is 9.74 Å². The molecule has 3 atom stereocenters. The number of nitrogens with zero attached hydrogens (tertiary/aromatic N) is 2. The van der Waals surface area contributed by atoms with Crippen LogP contribution in [0.15, 0.2) is 0 Å². The number of amides is 2. The Morgan fingerprint density at radius 1 is 1.37 bits per heavy atom. The highest BCUT2D eigenvalue weighted by Gasteiger charge is 2.54. The molecule has 108 valence electrons. The molecule has 0 aliphatic carbocycles. The monoisotopic (exact) mass is 274 g/mol. The van der Waals surface area contributed by atoms with Gasteiger partial charge in [0.05, 0.1) is 25.3 Å². The van der Waals surface area contributed by atoms with Gasteiger partial charge >= 0.3 is 12.2 Å². The number of rotatable bonds is 0. The summed E-state index contributed by atoms with van der Waals surface area (Å²) in [5.41, 5.74) is -0.647. The lowest BCUT2D eigenvalue weighted by Gasteiger charge is -2.26. The SMILES string of the molecule is CC(C)(C)OC(=O)N1CC(O)C2C1CON2C(=O)O. The van der Waals surface area contributed by atoms with Crippen molar-refractivity contribution in [1.82, 2.24) is 9.96 Å². The number of aliphatic hydroxyl groups excluding tert-OH is 1. The molecule has 2 saturated heterocycles. The van der Waals surface area contributed by atoms with E-state index in [0.29, 0.717) is 5.06 Å². The van der Waals surface area contributed by atoms with Gasteiger partial charge in [-0.15, -0.1) is 0 Å². The molecule has 0 saturated carbocycles. The minimum Gasteiger partial charge on any atom is -0.463 e. The van der Waals surface area contributed by atoms with Crippen LogP contribution in [-0.4, -0.2) is 69.3 Å². The first-order chi connectivity index (χ1) is 8.70. The molecule has 2 amide bonds. The first-order valence-corrected chi connectivity index (χ1v) is 6.03. The van der Waals surface area contributed by atoms with Crippen molar-refractivity contribution in [2.24, 2.45) is 0 Å². The highest BCUT2D eigenvalue weighted by atomic mass is 16.7. The number of ether oxygens (including phenoxy) is 1. The van der Waals surface area contributed by atoms with Crippen LogP contribution in [0.1, 0.15) is 20.8 Å². The zero-order chi connectivity index (χ0) is 14.4. The van der Waals surface area contributed by atoms with Gasteiger partial charge in [-0.05, 0) is 20.8 Å². The third kappa shape index (κ3) is 2.59. The maximum absolute atomic E-state index is 12.0. The first kappa shape index (κ1) is 13.9. The minimum absolute atomic E-state index is 0.0350. The van der Waals surface area contributed by atoms with Crippen molar-refractivity contribution in [3.05, 3.63) is 0 Å². The molecule has 3 unspecified atom stereocenters. The molecule has 2 aliphatic heterocycles. The van der Waals surface area contributed by atoms with Crippen LogP contribution in [0.3, 0.4) is 0 Å². The number of aliphatic hydroxyl groups is 1. The number of likely N-dealkylation sites (tertiary alicyclic amines) is 1. The van der Waals surface area contributed by atoms with Gasteiger partial charge in [0.2, 0.25) is 0 Å². The average molecular weight is 274 g/mol. The second-order valence-electron chi connectivity index (χ2n) is 5.66. The Morgan fingerprint density at radius 3 is 2.53 bits per heavy atom. The first-order valence-electron chi connectivity index (χ1n) is 6.03. The molecule has 0 aromatic rings. The average Bonchev–Trinajstić information content (AvgIpc) is 2.77. The third-order valence-corrected chi connectivity index (χ3v) is 3.04. The number of hydroxylamine groups is 2. The quantitative estimate of drug-likeness (QED) is 0.657. The van der Waals surface area contributed by atoms with Gasteiger partial charge < -0.3 is 14.9 Å². The molecule has 2 N–H and O–H groups in total. The summed E-state index contributed by atoms with van der Waals surface area (Å²) in [4.78, 5) is 29.3. The molecule has 0 aromatic carbocycles. The molecule has 2 rings (SSSR count). The van der Waals surface area contributed by atoms with Crippen LogP contribution in [0.4, 0.5) is 9.59 Å². The number of carbonyl (C=O) groups excluding carboxylic acids is 1. The predicted molar refractivity (Wildman–Crippen MR) is 62.3 cm³/mol. The zero-order valence-corrected chi connectivity index (χ0v) is 11.1. The van der Waals surface area contributed by atoms with E-state index in [0.717, 1.165) is 0 Å². The van der Waals surface area contributed by atoms with Crippen molar-refractivity contribution in [2.45, 2.75) is 44.6 Å². The molecule has 0 spiro atoms. The van der Waals surface area contributed by atoms with E-state index in [-0.39, 0.29) is 13.2 Å². The van der Waals surface area contributed by atoms with Crippen LogP contribution in [0, 0.1) is 0 Å². The Hall–Kier alpha value is -1.54. The van der Waals surface area contributed by atoms with Crippen LogP contribution in [0.25, 0.3) is 0 Å². The summed E-state index contributed by atoms with van der Waals surface area (Å²) in [6.07, 6.45) is -2.83. The van der Waals surface area contributed by atoms with E-state index in [2.05, 4.69) is 0 Å². The molecule has 0 bridgehead atoms. The van der Waals surface area contributed by atoms with Crippen molar-refractivity contribution in [2.75, 3.05) is 13.2 Å². The van der Waals surface area contributed by atoms with Crippen molar-refractivity contribution < 1.29 is 29.4 Å². The van der Waals surface area contributed by atoms with Gasteiger partial charge in [0.15, 0.2) is 0 Å². The van der Waals surface area contributed by atoms with E-state index in [4.69, 9.17) is 14.7 Å². The maximum Gasteiger partial charge on any atom is 0.431 e. The summed E-state index contributed by atoms with van der Waals surface area (Å²) in [6.45, 7) is 5.29. The fraction of sp³-hybridized carbons (Fsp3) is 0.818. The highest BCUT2D eigenvalue weighted by molar-refractivity contribution is 5.70. The van der Waals surface area contributed by atoms with Crippen molar-refractivity contribution in [3.63, 3.8) is 0 Å². The van der Waals surface area contributed by atoms with Crippen molar-refractivity contribution >= 4 is 12.2 Å². The predicted octanol–water partition coefficient (Wildman–Crippen LogP) is 0.260. The lowest BCUT2D eigenvalue weighted by molar-refractivity contribution is -0.121. The van der Waals surface area contributed by atoms with Crippen LogP contribution in [-0.2, 0) is 9.57 Å². The number of fused-ring (bicyclic) bond motifs is 1. The molecular formula is C11H18N2O6. The summed E-state index contributed by atoms with van der Waals surface area (Å²) in [5, 5.41) is 19.6. The third-order valence-electron chi connectivity index (χ3n) is 3.04. The van der Waals surface area contributed by atoms with Crippen LogP contribution >= 0.6 is 0 Å². The summed E-state index contributed by atoms with van der Waals surface area (Å²) in [7, 11) is 0. The Morgan fingerprint density at radius 2 is 2.00 bits per heavy atom. The maximum atomic E-state index is 12.0. The largest absolute Gasteiger partial charge is 0.463 e. The van der Waals surface area contributed by atoms with E-state index in [1.807, 2.05) is 0 Å². The van der Waals surface area contributed by atoms with Gasteiger partial charge in [0.25, 0.3) is 0 Å². The van der Waals surface area contributed by atoms with Crippen molar-refractivity contribution in [3.8, 4) is 0 Å². The Bertz CT molecular complexity index is 393. The Kier molecular flexibility index (Phi) is 3.31. The van der Waals surface area contributed by atoms with Crippen LogP contribution < -0.4 is 0 Å². The number of hydrogen-bond acceptors (Lipinski definition) is 5. The van der Waals surface area contributed by atoms with Gasteiger partial charge in [-0.25, -0.2) is 9.59 Å². The lowest BCUT2D eigenvalue weighted by Crippen LogP contribution is -2.45. The van der Waals surface area contributed by atoms with E-state index >= 15 is 0 Å². The number of hydrogen-bond donors (Lipinski definition) is 2. The summed E-state index contributed by atoms with van der Waals surface area (Å²) in [5.74, 6) is 0. The standard InChI is InChI=1S/C11H18N2O6/c1-11(2,3)19-10(17)12-4-7(14)8-6(12)5-18-13(8)9(15)16/h6-8,14H,4-5H2,1-3H3,(H,15,16). The van der Waals surface area contributed by atoms with Crippen molar-refractivity contribution in [1.29, 1.82) is 0 Å². The van der Waals surface area contributed by atoms with Gasteiger partial charge in [-0.1, -0.05) is 0 Å². The van der Waals surface area contributed by atoms with E-state index < -0.39 is 36.0 Å². The molecule has 8 nitrogen and oxygen atoms in total. The molecular weight excluding hydrogens is 256 g/mol. The summed E-state index contributed by atoms with van der Waals surface area (Å²) < 4.78 is 5.23. The molecule has 0 radical (unpaired) electrons. The van der Waals surface area contributed by atoms with Crippen LogP contribution in [0.2, 0.25) is 0 Å². The minimum atomic E-state index is -1.28. The summed E-state index contributed by atoms with van der Waals surface area (Å²) in [6, 6.07) is -1.27. The normalized spacial score (nSPS) is 30.4. The molecule has 2 heterocycles. The number of carboxylic acid groups (broad SMARTS) is 1. The molecule has 19 heavy (non-hydrogen) atoms. The second-order valence-corrected chi connectivity index (χ2v) is 5.66. The van der Waals surface area contributed by atoms with E-state index in [1.54, 1.807) is 20.8 Å². The molecule has 2 aliphatic rings.